The summed E-state index contributed by atoms with van der Waals surface area (Å²) in [7, 11) is 1.56. The number of aryl methyl sites for hydroxylation is 1. The van der Waals surface area contributed by atoms with Crippen LogP contribution in [0.5, 0.6) is 5.88 Å². The average Bonchev–Trinajstić information content (AvgIpc) is 2.75. The number of thiophene rings is 1. The van der Waals surface area contributed by atoms with Crippen molar-refractivity contribution in [1.82, 2.24) is 10.2 Å². The molecule has 2 N–H and O–H groups in total. The van der Waals surface area contributed by atoms with E-state index in [1.807, 2.05) is 12.1 Å². The largest absolute Gasteiger partial charge is 0.480 e. The van der Waals surface area contributed by atoms with Gasteiger partial charge in [0.2, 0.25) is 5.88 Å². The number of hydrogen-bond acceptors (Lipinski definition) is 5. The molecule has 2 aromatic rings. The van der Waals surface area contributed by atoms with Gasteiger partial charge >= 0.3 is 0 Å². The highest BCUT2D eigenvalue weighted by Gasteiger charge is 2.12. The van der Waals surface area contributed by atoms with E-state index in [2.05, 4.69) is 23.2 Å². The summed E-state index contributed by atoms with van der Waals surface area (Å²) in [4.78, 5) is 2.34. The smallest absolute Gasteiger partial charge is 0.233 e. The van der Waals surface area contributed by atoms with Crippen molar-refractivity contribution in [2.75, 3.05) is 7.11 Å². The van der Waals surface area contributed by atoms with E-state index in [0.29, 0.717) is 5.88 Å². The van der Waals surface area contributed by atoms with Gasteiger partial charge in [0.25, 0.3) is 0 Å². The first-order chi connectivity index (χ1) is 7.70. The molecule has 0 aliphatic carbocycles. The van der Waals surface area contributed by atoms with Gasteiger partial charge in [0.15, 0.2) is 0 Å². The third-order valence-electron chi connectivity index (χ3n) is 2.26. The average molecular weight is 235 g/mol. The molecule has 0 saturated heterocycles. The summed E-state index contributed by atoms with van der Waals surface area (Å²) in [6.07, 6.45) is 0. The first-order valence-electron chi connectivity index (χ1n) is 4.90. The van der Waals surface area contributed by atoms with Crippen molar-refractivity contribution in [3.05, 3.63) is 39.7 Å². The molecule has 2 rings (SSSR count). The van der Waals surface area contributed by atoms with Crippen LogP contribution in [0.15, 0.2) is 24.3 Å². The number of aromatic nitrogens is 2. The number of methoxy groups -OCH3 is 1. The van der Waals surface area contributed by atoms with Crippen LogP contribution in [-0.2, 0) is 0 Å². The predicted molar refractivity (Wildman–Crippen MR) is 63.7 cm³/mol. The third-order valence-corrected chi connectivity index (χ3v) is 3.34. The van der Waals surface area contributed by atoms with Gasteiger partial charge in [0.05, 0.1) is 18.8 Å². The molecule has 0 spiro atoms. The predicted octanol–water partition coefficient (Wildman–Crippen LogP) is 1.90. The van der Waals surface area contributed by atoms with Gasteiger partial charge in [-0.2, -0.15) is 0 Å². The topological polar surface area (TPSA) is 61.0 Å². The molecule has 0 aromatic carbocycles. The Morgan fingerprint density at radius 1 is 1.25 bits per heavy atom. The summed E-state index contributed by atoms with van der Waals surface area (Å²) < 4.78 is 4.95. The fourth-order valence-corrected chi connectivity index (χ4v) is 2.26. The van der Waals surface area contributed by atoms with Gasteiger partial charge in [-0.15, -0.1) is 21.5 Å². The summed E-state index contributed by atoms with van der Waals surface area (Å²) in [5.41, 5.74) is 6.84. The highest BCUT2D eigenvalue weighted by molar-refractivity contribution is 7.12. The zero-order valence-corrected chi connectivity index (χ0v) is 9.99. The molecule has 4 nitrogen and oxygen atoms in total. The van der Waals surface area contributed by atoms with Crippen LogP contribution < -0.4 is 10.5 Å². The van der Waals surface area contributed by atoms with Gasteiger partial charge in [-0.05, 0) is 25.1 Å². The van der Waals surface area contributed by atoms with Crippen molar-refractivity contribution in [3.8, 4) is 5.88 Å². The van der Waals surface area contributed by atoms with Crippen molar-refractivity contribution >= 4 is 11.3 Å². The van der Waals surface area contributed by atoms with Gasteiger partial charge < -0.3 is 10.5 Å². The second-order valence-corrected chi connectivity index (χ2v) is 4.75. The minimum atomic E-state index is -0.211. The van der Waals surface area contributed by atoms with Crippen molar-refractivity contribution in [1.29, 1.82) is 0 Å². The lowest BCUT2D eigenvalue weighted by atomic mass is 10.2. The Bertz CT molecular complexity index is 466. The molecular formula is C11H13N3OS. The molecule has 0 fully saturated rings. The van der Waals surface area contributed by atoms with Gasteiger partial charge in [-0.25, -0.2) is 0 Å². The van der Waals surface area contributed by atoms with E-state index in [1.165, 1.54) is 4.88 Å². The van der Waals surface area contributed by atoms with Crippen LogP contribution in [0.25, 0.3) is 0 Å². The van der Waals surface area contributed by atoms with Crippen LogP contribution >= 0.6 is 11.3 Å². The maximum absolute atomic E-state index is 6.09. The summed E-state index contributed by atoms with van der Waals surface area (Å²) in [6.45, 7) is 2.06. The minimum Gasteiger partial charge on any atom is -0.480 e. The molecule has 0 aliphatic heterocycles. The van der Waals surface area contributed by atoms with E-state index in [4.69, 9.17) is 10.5 Å². The molecule has 0 amide bonds. The SMILES string of the molecule is COc1ccc(C(N)c2ccc(C)s2)nn1. The maximum atomic E-state index is 6.09. The first kappa shape index (κ1) is 11.0. The monoisotopic (exact) mass is 235 g/mol. The molecule has 16 heavy (non-hydrogen) atoms. The summed E-state index contributed by atoms with van der Waals surface area (Å²) >= 11 is 1.68. The number of ether oxygens (including phenoxy) is 1. The van der Waals surface area contributed by atoms with Gasteiger partial charge in [0.1, 0.15) is 0 Å². The molecule has 0 radical (unpaired) electrons. The molecular weight excluding hydrogens is 222 g/mol. The molecule has 2 aromatic heterocycles. The summed E-state index contributed by atoms with van der Waals surface area (Å²) in [6, 6.07) is 7.47. The fraction of sp³-hybridized carbons (Fsp3) is 0.273. The van der Waals surface area contributed by atoms with Gasteiger partial charge in [-0.3, -0.25) is 0 Å². The number of nitrogens with two attached hydrogens (primary N) is 1. The van der Waals surface area contributed by atoms with Gasteiger partial charge in [0, 0.05) is 15.8 Å². The van der Waals surface area contributed by atoms with Crippen LogP contribution in [0.3, 0.4) is 0 Å². The highest BCUT2D eigenvalue weighted by Crippen LogP contribution is 2.25. The second-order valence-electron chi connectivity index (χ2n) is 3.43. The minimum absolute atomic E-state index is 0.211. The van der Waals surface area contributed by atoms with Gasteiger partial charge in [-0.1, -0.05) is 0 Å². The van der Waals surface area contributed by atoms with Crippen LogP contribution in [0.1, 0.15) is 21.5 Å². The van der Waals surface area contributed by atoms with Crippen molar-refractivity contribution in [2.24, 2.45) is 5.73 Å². The fourth-order valence-electron chi connectivity index (χ4n) is 1.37. The number of rotatable bonds is 3. The van der Waals surface area contributed by atoms with Crippen LogP contribution in [0.2, 0.25) is 0 Å². The Morgan fingerprint density at radius 2 is 2.06 bits per heavy atom. The standard InChI is InChI=1S/C11H13N3OS/c1-7-3-5-9(16-7)11(12)8-4-6-10(15-2)14-13-8/h3-6,11H,12H2,1-2H3. The quantitative estimate of drug-likeness (QED) is 0.882. The van der Waals surface area contributed by atoms with Crippen LogP contribution in [0.4, 0.5) is 0 Å². The Labute approximate surface area is 98.1 Å². The van der Waals surface area contributed by atoms with E-state index >= 15 is 0 Å². The summed E-state index contributed by atoms with van der Waals surface area (Å²) in [5.74, 6) is 0.498. The van der Waals surface area contributed by atoms with Crippen molar-refractivity contribution in [3.63, 3.8) is 0 Å². The lowest BCUT2D eigenvalue weighted by Crippen LogP contribution is -2.12. The molecule has 0 bridgehead atoms. The molecule has 1 unspecified atom stereocenters. The van der Waals surface area contributed by atoms with Crippen molar-refractivity contribution in [2.45, 2.75) is 13.0 Å². The lowest BCUT2D eigenvalue weighted by molar-refractivity contribution is 0.391. The maximum Gasteiger partial charge on any atom is 0.233 e. The number of nitrogens with zero attached hydrogens (tertiary/aromatic N) is 2. The van der Waals surface area contributed by atoms with Crippen LogP contribution in [-0.4, -0.2) is 17.3 Å². The van der Waals surface area contributed by atoms with E-state index in [0.717, 1.165) is 10.6 Å². The van der Waals surface area contributed by atoms with Crippen LogP contribution in [0, 0.1) is 6.92 Å². The molecule has 0 saturated carbocycles. The Balaban J connectivity index is 2.23. The van der Waals surface area contributed by atoms with Crippen molar-refractivity contribution < 1.29 is 4.74 Å². The zero-order chi connectivity index (χ0) is 11.5. The Kier molecular flexibility index (Phi) is 3.17. The Morgan fingerprint density at radius 3 is 2.56 bits per heavy atom. The lowest BCUT2D eigenvalue weighted by Gasteiger charge is -2.08. The summed E-state index contributed by atoms with van der Waals surface area (Å²) in [5, 5.41) is 7.94. The van der Waals surface area contributed by atoms with E-state index in [1.54, 1.807) is 24.5 Å². The Hall–Kier alpha value is -1.46. The van der Waals surface area contributed by atoms with E-state index in [9.17, 15) is 0 Å². The zero-order valence-electron chi connectivity index (χ0n) is 9.18. The number of hydrogen-bond donors (Lipinski definition) is 1. The molecule has 5 heteroatoms. The highest BCUT2D eigenvalue weighted by atomic mass is 32.1. The molecule has 1 atom stereocenters. The third kappa shape index (κ3) is 2.20. The normalized spacial score (nSPS) is 12.4. The second kappa shape index (κ2) is 4.59. The molecule has 0 aliphatic rings. The first-order valence-corrected chi connectivity index (χ1v) is 5.72. The molecule has 2 heterocycles. The molecule has 84 valence electrons. The van der Waals surface area contributed by atoms with E-state index in [-0.39, 0.29) is 6.04 Å². The van der Waals surface area contributed by atoms with E-state index < -0.39 is 0 Å².